The topological polar surface area (TPSA) is 64.6 Å². The fraction of sp³-hybridized carbons (Fsp3) is 0.556. The molecule has 0 saturated heterocycles. The van der Waals surface area contributed by atoms with E-state index in [4.69, 9.17) is 9.47 Å². The van der Waals surface area contributed by atoms with E-state index in [2.05, 4.69) is 21.2 Å². The van der Waals surface area contributed by atoms with Crippen LogP contribution in [-0.2, 0) is 9.53 Å². The van der Waals surface area contributed by atoms with Crippen LogP contribution in [0.2, 0.25) is 0 Å². The lowest BCUT2D eigenvalue weighted by Crippen LogP contribution is -2.38. The van der Waals surface area contributed by atoms with Crippen molar-refractivity contribution in [1.29, 1.82) is 0 Å². The highest BCUT2D eigenvalue weighted by Crippen LogP contribution is 2.23. The number of ether oxygens (including phenoxy) is 2. The molecule has 0 aliphatic heterocycles. The Bertz CT molecular complexity index is 568. The van der Waals surface area contributed by atoms with E-state index in [9.17, 15) is 9.59 Å². The number of amides is 1. The van der Waals surface area contributed by atoms with Gasteiger partial charge >= 0.3 is 5.97 Å². The third kappa shape index (κ3) is 5.82. The highest BCUT2D eigenvalue weighted by Gasteiger charge is 2.17. The van der Waals surface area contributed by atoms with Crippen LogP contribution in [0.4, 0.5) is 0 Å². The second-order valence-corrected chi connectivity index (χ2v) is 6.89. The molecular formula is C18H24BrNO4. The van der Waals surface area contributed by atoms with Crippen LogP contribution in [-0.4, -0.2) is 31.6 Å². The van der Waals surface area contributed by atoms with E-state index < -0.39 is 5.97 Å². The van der Waals surface area contributed by atoms with Gasteiger partial charge in [0.2, 0.25) is 0 Å². The van der Waals surface area contributed by atoms with Crippen LogP contribution < -0.4 is 10.1 Å². The first-order chi connectivity index (χ1) is 11.6. The lowest BCUT2D eigenvalue weighted by atomic mass is 9.97. The number of carbonyl (C=O) groups excluding carboxylic acids is 2. The Kier molecular flexibility index (Phi) is 7.56. The molecule has 0 bridgehead atoms. The quantitative estimate of drug-likeness (QED) is 0.766. The van der Waals surface area contributed by atoms with Crippen LogP contribution in [0, 0.1) is 0 Å². The molecule has 1 aromatic rings. The molecule has 1 aliphatic carbocycles. The molecule has 6 heteroatoms. The number of halogens is 1. The molecule has 0 heterocycles. The largest absolute Gasteiger partial charge is 0.497 e. The Morgan fingerprint density at radius 1 is 1.17 bits per heavy atom. The maximum atomic E-state index is 12.1. The van der Waals surface area contributed by atoms with Gasteiger partial charge in [-0.15, -0.1) is 0 Å². The summed E-state index contributed by atoms with van der Waals surface area (Å²) in [7, 11) is 1.53. The minimum atomic E-state index is -0.548. The third-order valence-corrected chi connectivity index (χ3v) is 4.89. The molecule has 1 aromatic carbocycles. The van der Waals surface area contributed by atoms with Gasteiger partial charge in [-0.1, -0.05) is 32.1 Å². The average molecular weight is 398 g/mol. The minimum absolute atomic E-state index is 0.194. The van der Waals surface area contributed by atoms with Crippen LogP contribution in [0.3, 0.4) is 0 Å². The van der Waals surface area contributed by atoms with Gasteiger partial charge in [-0.2, -0.15) is 0 Å². The molecule has 0 spiro atoms. The Morgan fingerprint density at radius 2 is 1.83 bits per heavy atom. The maximum absolute atomic E-state index is 12.1. The Labute approximate surface area is 151 Å². The van der Waals surface area contributed by atoms with E-state index in [1.165, 1.54) is 26.4 Å². The first-order valence-electron chi connectivity index (χ1n) is 8.40. The Morgan fingerprint density at radius 3 is 2.50 bits per heavy atom. The molecule has 1 fully saturated rings. The number of hydrogen-bond donors (Lipinski definition) is 1. The summed E-state index contributed by atoms with van der Waals surface area (Å²) in [6, 6.07) is 5.23. The summed E-state index contributed by atoms with van der Waals surface area (Å²) in [4.78, 5) is 24.2. The zero-order valence-corrected chi connectivity index (χ0v) is 15.6. The maximum Gasteiger partial charge on any atom is 0.339 e. The number of benzene rings is 1. The third-order valence-electron chi connectivity index (χ3n) is 4.20. The van der Waals surface area contributed by atoms with Crippen molar-refractivity contribution < 1.29 is 19.1 Å². The molecule has 1 saturated carbocycles. The number of esters is 1. The van der Waals surface area contributed by atoms with Gasteiger partial charge in [0.25, 0.3) is 5.91 Å². The molecule has 1 aliphatic rings. The van der Waals surface area contributed by atoms with Gasteiger partial charge in [0.15, 0.2) is 6.61 Å². The van der Waals surface area contributed by atoms with Crippen molar-refractivity contribution in [2.45, 2.75) is 51.0 Å². The van der Waals surface area contributed by atoms with Gasteiger partial charge in [0.05, 0.1) is 12.7 Å². The van der Waals surface area contributed by atoms with Gasteiger partial charge in [0, 0.05) is 10.5 Å². The Balaban J connectivity index is 1.83. The van der Waals surface area contributed by atoms with Crippen molar-refractivity contribution in [3.05, 3.63) is 28.2 Å². The highest BCUT2D eigenvalue weighted by atomic mass is 79.9. The van der Waals surface area contributed by atoms with Crippen LogP contribution in [0.25, 0.3) is 0 Å². The van der Waals surface area contributed by atoms with E-state index in [0.717, 1.165) is 25.7 Å². The zero-order chi connectivity index (χ0) is 17.4. The molecule has 0 radical (unpaired) electrons. The van der Waals surface area contributed by atoms with Crippen LogP contribution >= 0.6 is 15.9 Å². The summed E-state index contributed by atoms with van der Waals surface area (Å²) in [5.74, 6) is -0.231. The van der Waals surface area contributed by atoms with E-state index in [1.54, 1.807) is 18.2 Å². The van der Waals surface area contributed by atoms with E-state index in [-0.39, 0.29) is 18.6 Å². The number of methoxy groups -OCH3 is 1. The second-order valence-electron chi connectivity index (χ2n) is 6.03. The Hall–Kier alpha value is -1.56. The smallest absolute Gasteiger partial charge is 0.339 e. The summed E-state index contributed by atoms with van der Waals surface area (Å²) < 4.78 is 10.8. The molecule has 2 rings (SSSR count). The molecule has 1 N–H and O–H groups in total. The SMILES string of the molecule is COc1ccc(Br)c(C(=O)OCC(=O)NC2CCCCCCC2)c1. The second kappa shape index (κ2) is 9.67. The average Bonchev–Trinajstić information content (AvgIpc) is 2.55. The first-order valence-corrected chi connectivity index (χ1v) is 9.19. The fourth-order valence-electron chi connectivity index (χ4n) is 2.87. The lowest BCUT2D eigenvalue weighted by molar-refractivity contribution is -0.125. The molecular weight excluding hydrogens is 374 g/mol. The van der Waals surface area contributed by atoms with E-state index in [0.29, 0.717) is 15.8 Å². The van der Waals surface area contributed by atoms with Crippen molar-refractivity contribution >= 4 is 27.8 Å². The van der Waals surface area contributed by atoms with Gasteiger partial charge in [-0.3, -0.25) is 4.79 Å². The molecule has 0 unspecified atom stereocenters. The minimum Gasteiger partial charge on any atom is -0.497 e. The van der Waals surface area contributed by atoms with E-state index >= 15 is 0 Å². The van der Waals surface area contributed by atoms with Crippen LogP contribution in [0.5, 0.6) is 5.75 Å². The van der Waals surface area contributed by atoms with Crippen LogP contribution in [0.1, 0.15) is 55.3 Å². The van der Waals surface area contributed by atoms with Gasteiger partial charge in [-0.25, -0.2) is 4.79 Å². The monoisotopic (exact) mass is 397 g/mol. The summed E-state index contributed by atoms with van der Waals surface area (Å²) in [6.45, 7) is -0.265. The normalized spacial score (nSPS) is 15.9. The summed E-state index contributed by atoms with van der Waals surface area (Å²) in [5, 5.41) is 2.98. The zero-order valence-electron chi connectivity index (χ0n) is 14.0. The predicted molar refractivity (Wildman–Crippen MR) is 95.2 cm³/mol. The van der Waals surface area contributed by atoms with Crippen LogP contribution in [0.15, 0.2) is 22.7 Å². The molecule has 5 nitrogen and oxygen atoms in total. The fourth-order valence-corrected chi connectivity index (χ4v) is 3.27. The van der Waals surface area contributed by atoms with E-state index in [1.807, 2.05) is 0 Å². The number of rotatable bonds is 5. The van der Waals surface area contributed by atoms with Gasteiger partial charge < -0.3 is 14.8 Å². The summed E-state index contributed by atoms with van der Waals surface area (Å²) in [5.41, 5.74) is 0.341. The van der Waals surface area contributed by atoms with Crippen molar-refractivity contribution in [1.82, 2.24) is 5.32 Å². The number of nitrogens with one attached hydrogen (secondary N) is 1. The molecule has 1 amide bonds. The van der Waals surface area contributed by atoms with Crippen molar-refractivity contribution in [2.75, 3.05) is 13.7 Å². The molecule has 132 valence electrons. The standard InChI is InChI=1S/C18H24BrNO4/c1-23-14-9-10-16(19)15(11-14)18(22)24-12-17(21)20-13-7-5-3-2-4-6-8-13/h9-11,13H,2-8,12H2,1H3,(H,20,21). The summed E-state index contributed by atoms with van der Waals surface area (Å²) in [6.07, 6.45) is 8.02. The predicted octanol–water partition coefficient (Wildman–Crippen LogP) is 3.84. The summed E-state index contributed by atoms with van der Waals surface area (Å²) >= 11 is 3.31. The molecule has 24 heavy (non-hydrogen) atoms. The van der Waals surface area contributed by atoms with Crippen molar-refractivity contribution in [2.24, 2.45) is 0 Å². The number of carbonyl (C=O) groups is 2. The molecule has 0 aromatic heterocycles. The van der Waals surface area contributed by atoms with Crippen molar-refractivity contribution in [3.63, 3.8) is 0 Å². The molecule has 0 atom stereocenters. The highest BCUT2D eigenvalue weighted by molar-refractivity contribution is 9.10. The van der Waals surface area contributed by atoms with Crippen molar-refractivity contribution in [3.8, 4) is 5.75 Å². The van der Waals surface area contributed by atoms with Gasteiger partial charge in [-0.05, 0) is 47.0 Å². The number of hydrogen-bond acceptors (Lipinski definition) is 4. The first kappa shape index (κ1) is 18.8. The lowest BCUT2D eigenvalue weighted by Gasteiger charge is -2.21. The van der Waals surface area contributed by atoms with Gasteiger partial charge in [0.1, 0.15) is 5.75 Å².